The molecule has 152 valence electrons. The first-order valence-corrected chi connectivity index (χ1v) is 9.15. The van der Waals surface area contributed by atoms with Crippen molar-refractivity contribution < 1.29 is 23.2 Å². The SMILES string of the molecule is CCc1cccc(C)c1NC(=O)CN1C(=O)NC(C)(c2ccc(F)c(F)c2)C1=O. The average Bonchev–Trinajstić information content (AvgIpc) is 2.89. The standard InChI is InChI=1S/C21H21F2N3O3/c1-4-13-7-5-6-12(2)18(13)24-17(27)11-26-19(28)21(3,25-20(26)29)14-8-9-15(22)16(23)10-14/h5-10H,4,11H2,1-3H3,(H,24,27)(H,25,29). The van der Waals surface area contributed by atoms with Gasteiger partial charge in [0, 0.05) is 5.69 Å². The molecule has 1 fully saturated rings. The number of aryl methyl sites for hydroxylation is 2. The second-order valence-corrected chi connectivity index (χ2v) is 7.09. The molecule has 2 N–H and O–H groups in total. The van der Waals surface area contributed by atoms with E-state index in [1.165, 1.54) is 13.0 Å². The van der Waals surface area contributed by atoms with Crippen LogP contribution in [-0.4, -0.2) is 29.3 Å². The number of anilines is 1. The fourth-order valence-electron chi connectivity index (χ4n) is 3.37. The molecule has 0 radical (unpaired) electrons. The van der Waals surface area contributed by atoms with Crippen LogP contribution in [0.25, 0.3) is 0 Å². The molecule has 8 heteroatoms. The van der Waals surface area contributed by atoms with E-state index < -0.39 is 41.6 Å². The van der Waals surface area contributed by atoms with Gasteiger partial charge in [0.15, 0.2) is 11.6 Å². The van der Waals surface area contributed by atoms with Crippen molar-refractivity contribution in [3.05, 3.63) is 64.7 Å². The number of nitrogens with zero attached hydrogens (tertiary/aromatic N) is 1. The molecule has 3 rings (SSSR count). The summed E-state index contributed by atoms with van der Waals surface area (Å²) >= 11 is 0. The largest absolute Gasteiger partial charge is 0.325 e. The van der Waals surface area contributed by atoms with E-state index in [9.17, 15) is 23.2 Å². The molecular weight excluding hydrogens is 380 g/mol. The molecule has 1 heterocycles. The van der Waals surface area contributed by atoms with Crippen LogP contribution in [0.5, 0.6) is 0 Å². The Morgan fingerprint density at radius 1 is 1.17 bits per heavy atom. The minimum Gasteiger partial charge on any atom is -0.324 e. The lowest BCUT2D eigenvalue weighted by molar-refractivity contribution is -0.133. The predicted molar refractivity (Wildman–Crippen MR) is 103 cm³/mol. The highest BCUT2D eigenvalue weighted by Crippen LogP contribution is 2.30. The van der Waals surface area contributed by atoms with Crippen LogP contribution in [0.1, 0.15) is 30.5 Å². The highest BCUT2D eigenvalue weighted by atomic mass is 19.2. The fourth-order valence-corrected chi connectivity index (χ4v) is 3.37. The van der Waals surface area contributed by atoms with E-state index in [0.29, 0.717) is 12.1 Å². The first kappa shape index (κ1) is 20.4. The molecular formula is C21H21F2N3O3. The zero-order valence-electron chi connectivity index (χ0n) is 16.3. The molecule has 0 spiro atoms. The molecule has 1 unspecified atom stereocenters. The number of hydrogen-bond acceptors (Lipinski definition) is 3. The van der Waals surface area contributed by atoms with Crippen molar-refractivity contribution in [2.24, 2.45) is 0 Å². The number of amides is 4. The van der Waals surface area contributed by atoms with Gasteiger partial charge in [-0.2, -0.15) is 0 Å². The monoisotopic (exact) mass is 401 g/mol. The van der Waals surface area contributed by atoms with Crippen molar-refractivity contribution in [2.75, 3.05) is 11.9 Å². The topological polar surface area (TPSA) is 78.5 Å². The molecule has 4 amide bonds. The smallest absolute Gasteiger partial charge is 0.324 e. The van der Waals surface area contributed by atoms with Crippen LogP contribution < -0.4 is 10.6 Å². The number of nitrogens with one attached hydrogen (secondary N) is 2. The van der Waals surface area contributed by atoms with Gasteiger partial charge in [-0.05, 0) is 49.1 Å². The molecule has 1 saturated heterocycles. The van der Waals surface area contributed by atoms with Crippen molar-refractivity contribution >= 4 is 23.5 Å². The van der Waals surface area contributed by atoms with Crippen LogP contribution in [-0.2, 0) is 21.5 Å². The molecule has 29 heavy (non-hydrogen) atoms. The molecule has 1 atom stereocenters. The van der Waals surface area contributed by atoms with Gasteiger partial charge in [-0.25, -0.2) is 13.6 Å². The normalized spacial score (nSPS) is 18.7. The Bertz CT molecular complexity index is 1010. The number of para-hydroxylation sites is 1. The van der Waals surface area contributed by atoms with E-state index in [1.807, 2.05) is 32.0 Å². The second kappa shape index (κ2) is 7.62. The summed E-state index contributed by atoms with van der Waals surface area (Å²) in [5.41, 5.74) is 0.937. The van der Waals surface area contributed by atoms with E-state index in [-0.39, 0.29) is 5.56 Å². The van der Waals surface area contributed by atoms with Gasteiger partial charge in [0.2, 0.25) is 5.91 Å². The first-order valence-electron chi connectivity index (χ1n) is 9.15. The van der Waals surface area contributed by atoms with E-state index in [0.717, 1.165) is 28.2 Å². The Morgan fingerprint density at radius 3 is 2.55 bits per heavy atom. The Labute approximate surface area is 166 Å². The number of carbonyl (C=O) groups is 3. The third-order valence-corrected chi connectivity index (χ3v) is 5.08. The molecule has 0 aromatic heterocycles. The van der Waals surface area contributed by atoms with E-state index in [1.54, 1.807) is 0 Å². The number of urea groups is 1. The highest BCUT2D eigenvalue weighted by Gasteiger charge is 2.49. The van der Waals surface area contributed by atoms with Gasteiger partial charge in [0.25, 0.3) is 5.91 Å². The maximum absolute atomic E-state index is 13.6. The quantitative estimate of drug-likeness (QED) is 0.755. The van der Waals surface area contributed by atoms with Crippen LogP contribution in [0.15, 0.2) is 36.4 Å². The number of imide groups is 1. The molecule has 1 aliphatic rings. The average molecular weight is 401 g/mol. The summed E-state index contributed by atoms with van der Waals surface area (Å²) in [5.74, 6) is -3.44. The Balaban J connectivity index is 1.80. The first-order chi connectivity index (χ1) is 13.7. The van der Waals surface area contributed by atoms with Crippen molar-refractivity contribution in [1.82, 2.24) is 10.2 Å². The van der Waals surface area contributed by atoms with E-state index in [2.05, 4.69) is 10.6 Å². The van der Waals surface area contributed by atoms with Gasteiger partial charge >= 0.3 is 6.03 Å². The number of benzene rings is 2. The summed E-state index contributed by atoms with van der Waals surface area (Å²) in [5, 5.41) is 5.22. The lowest BCUT2D eigenvalue weighted by atomic mass is 9.92. The molecule has 0 bridgehead atoms. The maximum Gasteiger partial charge on any atom is 0.325 e. The van der Waals surface area contributed by atoms with Crippen molar-refractivity contribution in [3.8, 4) is 0 Å². The van der Waals surface area contributed by atoms with Crippen molar-refractivity contribution in [1.29, 1.82) is 0 Å². The lowest BCUT2D eigenvalue weighted by Crippen LogP contribution is -2.42. The minimum absolute atomic E-state index is 0.0878. The van der Waals surface area contributed by atoms with Crippen molar-refractivity contribution in [3.63, 3.8) is 0 Å². The summed E-state index contributed by atoms with van der Waals surface area (Å²) < 4.78 is 26.8. The molecule has 2 aromatic carbocycles. The number of halogens is 2. The third kappa shape index (κ3) is 3.70. The molecule has 6 nitrogen and oxygen atoms in total. The molecule has 0 saturated carbocycles. The van der Waals surface area contributed by atoms with Crippen LogP contribution in [0.2, 0.25) is 0 Å². The Hall–Kier alpha value is -3.29. The van der Waals surface area contributed by atoms with E-state index >= 15 is 0 Å². The van der Waals surface area contributed by atoms with Gasteiger partial charge in [-0.1, -0.05) is 31.2 Å². The predicted octanol–water partition coefficient (Wildman–Crippen LogP) is 3.24. The second-order valence-electron chi connectivity index (χ2n) is 7.09. The number of carbonyl (C=O) groups excluding carboxylic acids is 3. The third-order valence-electron chi connectivity index (χ3n) is 5.08. The number of rotatable bonds is 5. The summed E-state index contributed by atoms with van der Waals surface area (Å²) in [7, 11) is 0. The minimum atomic E-state index is -1.59. The summed E-state index contributed by atoms with van der Waals surface area (Å²) in [4.78, 5) is 38.5. The van der Waals surface area contributed by atoms with Gasteiger partial charge in [-0.15, -0.1) is 0 Å². The molecule has 2 aromatic rings. The van der Waals surface area contributed by atoms with Gasteiger partial charge in [0.05, 0.1) is 0 Å². The van der Waals surface area contributed by atoms with Crippen LogP contribution in [0.3, 0.4) is 0 Å². The molecule has 1 aliphatic heterocycles. The van der Waals surface area contributed by atoms with Crippen LogP contribution in [0, 0.1) is 18.6 Å². The highest BCUT2D eigenvalue weighted by molar-refractivity contribution is 6.10. The zero-order valence-corrected chi connectivity index (χ0v) is 16.3. The summed E-state index contributed by atoms with van der Waals surface area (Å²) in [6, 6.07) is 7.81. The summed E-state index contributed by atoms with van der Waals surface area (Å²) in [6.07, 6.45) is 0.703. The van der Waals surface area contributed by atoms with Gasteiger partial charge in [-0.3, -0.25) is 14.5 Å². The molecule has 0 aliphatic carbocycles. The van der Waals surface area contributed by atoms with E-state index in [4.69, 9.17) is 0 Å². The van der Waals surface area contributed by atoms with Crippen LogP contribution in [0.4, 0.5) is 19.3 Å². The van der Waals surface area contributed by atoms with Gasteiger partial charge in [0.1, 0.15) is 12.1 Å². The Morgan fingerprint density at radius 2 is 1.90 bits per heavy atom. The Kier molecular flexibility index (Phi) is 5.37. The van der Waals surface area contributed by atoms with Crippen molar-refractivity contribution in [2.45, 2.75) is 32.7 Å². The zero-order chi connectivity index (χ0) is 21.3. The van der Waals surface area contributed by atoms with Crippen LogP contribution >= 0.6 is 0 Å². The van der Waals surface area contributed by atoms with Gasteiger partial charge < -0.3 is 10.6 Å². The summed E-state index contributed by atoms with van der Waals surface area (Å²) in [6.45, 7) is 4.69. The fraction of sp³-hybridized carbons (Fsp3) is 0.286. The lowest BCUT2D eigenvalue weighted by Gasteiger charge is -2.22. The maximum atomic E-state index is 13.6. The number of hydrogen-bond donors (Lipinski definition) is 2.